The number of benzene rings is 2. The molecule has 0 unspecified atom stereocenters. The molecule has 0 heterocycles. The van der Waals surface area contributed by atoms with Crippen LogP contribution in [-0.2, 0) is 0 Å². The molecule has 0 fully saturated rings. The van der Waals surface area contributed by atoms with Crippen molar-refractivity contribution in [3.8, 4) is 0 Å². The lowest BCUT2D eigenvalue weighted by molar-refractivity contribution is -0.890. The van der Waals surface area contributed by atoms with Crippen LogP contribution in [-0.4, -0.2) is 25.8 Å². The van der Waals surface area contributed by atoms with Crippen LogP contribution >= 0.6 is 23.8 Å². The number of thiocarbonyl (C=S) groups is 1. The molecular formula is C17H19ClF2N3S+. The Labute approximate surface area is 150 Å². The standard InChI is InChI=1S/C17H18ClF2N3S/c1-23(2)15(16-13(18)4-3-5-14(16)20)10-21-17(24)22-12-8-6-11(19)7-9-12/h3-9,15H,10H2,1-2H3,(H2,21,22,24)/p+1/t15-/m0/s1. The van der Waals surface area contributed by atoms with Gasteiger partial charge in [-0.15, -0.1) is 0 Å². The molecule has 0 aromatic heterocycles. The van der Waals surface area contributed by atoms with Crippen molar-refractivity contribution in [2.45, 2.75) is 6.04 Å². The fourth-order valence-electron chi connectivity index (χ4n) is 2.34. The van der Waals surface area contributed by atoms with Crippen LogP contribution in [0.1, 0.15) is 11.6 Å². The first kappa shape index (κ1) is 18.6. The first-order valence-corrected chi connectivity index (χ1v) is 8.21. The minimum absolute atomic E-state index is 0.216. The summed E-state index contributed by atoms with van der Waals surface area (Å²) in [4.78, 5) is 1.01. The third-order valence-electron chi connectivity index (χ3n) is 3.61. The first-order chi connectivity index (χ1) is 11.4. The van der Waals surface area contributed by atoms with Crippen LogP contribution in [0, 0.1) is 11.6 Å². The average molecular weight is 371 g/mol. The molecule has 7 heteroatoms. The van der Waals surface area contributed by atoms with E-state index in [0.717, 1.165) is 4.90 Å². The molecule has 0 aliphatic rings. The van der Waals surface area contributed by atoms with Gasteiger partial charge in [-0.25, -0.2) is 8.78 Å². The summed E-state index contributed by atoms with van der Waals surface area (Å²) < 4.78 is 27.1. The van der Waals surface area contributed by atoms with E-state index in [1.165, 1.54) is 18.2 Å². The van der Waals surface area contributed by atoms with Gasteiger partial charge in [-0.3, -0.25) is 0 Å². The Hall–Kier alpha value is -1.76. The summed E-state index contributed by atoms with van der Waals surface area (Å²) in [5.74, 6) is -0.655. The van der Waals surface area contributed by atoms with Crippen LogP contribution in [0.15, 0.2) is 42.5 Å². The van der Waals surface area contributed by atoms with E-state index in [-0.39, 0.29) is 17.7 Å². The second-order valence-corrected chi connectivity index (χ2v) is 6.42. The zero-order chi connectivity index (χ0) is 17.7. The zero-order valence-corrected chi connectivity index (χ0v) is 14.9. The van der Waals surface area contributed by atoms with E-state index in [9.17, 15) is 8.78 Å². The maximum Gasteiger partial charge on any atom is 0.171 e. The van der Waals surface area contributed by atoms with E-state index >= 15 is 0 Å². The van der Waals surface area contributed by atoms with E-state index in [1.54, 1.807) is 24.3 Å². The van der Waals surface area contributed by atoms with Crippen LogP contribution in [0.5, 0.6) is 0 Å². The average Bonchev–Trinajstić information content (AvgIpc) is 2.52. The predicted octanol–water partition coefficient (Wildman–Crippen LogP) is 2.79. The third-order valence-corrected chi connectivity index (χ3v) is 4.19. The molecule has 1 atom stereocenters. The summed E-state index contributed by atoms with van der Waals surface area (Å²) in [5, 5.41) is 6.79. The number of likely N-dealkylation sites (N-methyl/N-ethyl adjacent to an activating group) is 1. The van der Waals surface area contributed by atoms with Crippen molar-refractivity contribution in [2.75, 3.05) is 26.0 Å². The second-order valence-electron chi connectivity index (χ2n) is 5.61. The van der Waals surface area contributed by atoms with Gasteiger partial charge in [0.1, 0.15) is 17.7 Å². The van der Waals surface area contributed by atoms with Crippen molar-refractivity contribution in [1.82, 2.24) is 5.32 Å². The lowest BCUT2D eigenvalue weighted by Crippen LogP contribution is -3.07. The molecule has 3 N–H and O–H groups in total. The first-order valence-electron chi connectivity index (χ1n) is 7.43. The van der Waals surface area contributed by atoms with Crippen LogP contribution in [0.3, 0.4) is 0 Å². The number of quaternary nitrogens is 1. The van der Waals surface area contributed by atoms with Crippen molar-refractivity contribution in [3.05, 3.63) is 64.7 Å². The topological polar surface area (TPSA) is 28.5 Å². The SMILES string of the molecule is C[NH+](C)[C@@H](CNC(=S)Nc1ccc(F)cc1)c1c(F)cccc1Cl. The van der Waals surface area contributed by atoms with Gasteiger partial charge in [-0.05, 0) is 48.6 Å². The van der Waals surface area contributed by atoms with Gasteiger partial charge in [0, 0.05) is 5.69 Å². The van der Waals surface area contributed by atoms with Crippen molar-refractivity contribution in [3.63, 3.8) is 0 Å². The number of rotatable bonds is 5. The Morgan fingerprint density at radius 1 is 1.17 bits per heavy atom. The molecule has 0 aliphatic heterocycles. The van der Waals surface area contributed by atoms with E-state index in [2.05, 4.69) is 10.6 Å². The lowest BCUT2D eigenvalue weighted by Gasteiger charge is -2.24. The molecule has 24 heavy (non-hydrogen) atoms. The van der Waals surface area contributed by atoms with Gasteiger partial charge in [-0.2, -0.15) is 0 Å². The van der Waals surface area contributed by atoms with Crippen molar-refractivity contribution >= 4 is 34.6 Å². The quantitative estimate of drug-likeness (QED) is 0.707. The molecule has 0 amide bonds. The summed E-state index contributed by atoms with van der Waals surface area (Å²) in [7, 11) is 3.84. The third kappa shape index (κ3) is 4.87. The normalized spacial score (nSPS) is 12.1. The molecular weight excluding hydrogens is 352 g/mol. The van der Waals surface area contributed by atoms with Crippen LogP contribution in [0.2, 0.25) is 5.02 Å². The van der Waals surface area contributed by atoms with Gasteiger partial charge < -0.3 is 15.5 Å². The minimum Gasteiger partial charge on any atom is -0.356 e. The number of hydrogen-bond acceptors (Lipinski definition) is 1. The summed E-state index contributed by atoms with van der Waals surface area (Å²) >= 11 is 11.4. The van der Waals surface area contributed by atoms with Crippen LogP contribution in [0.4, 0.5) is 14.5 Å². The lowest BCUT2D eigenvalue weighted by atomic mass is 10.1. The molecule has 128 valence electrons. The fraction of sp³-hybridized carbons (Fsp3) is 0.235. The highest BCUT2D eigenvalue weighted by Crippen LogP contribution is 2.23. The fourth-order valence-corrected chi connectivity index (χ4v) is 2.84. The molecule has 0 aliphatic carbocycles. The van der Waals surface area contributed by atoms with Crippen LogP contribution < -0.4 is 15.5 Å². The highest BCUT2D eigenvalue weighted by molar-refractivity contribution is 7.80. The Morgan fingerprint density at radius 2 is 1.83 bits per heavy atom. The van der Waals surface area contributed by atoms with Gasteiger partial charge in [0.2, 0.25) is 0 Å². The van der Waals surface area contributed by atoms with E-state index in [0.29, 0.717) is 27.9 Å². The van der Waals surface area contributed by atoms with Gasteiger partial charge in [0.15, 0.2) is 5.11 Å². The molecule has 0 radical (unpaired) electrons. The molecule has 0 spiro atoms. The Kier molecular flexibility index (Phi) is 6.48. The summed E-state index contributed by atoms with van der Waals surface area (Å²) in [6, 6.07) is 10.3. The molecule has 0 saturated heterocycles. The number of hydrogen-bond donors (Lipinski definition) is 3. The van der Waals surface area contributed by atoms with Gasteiger partial charge >= 0.3 is 0 Å². The Balaban J connectivity index is 2.04. The van der Waals surface area contributed by atoms with Crippen molar-refractivity contribution < 1.29 is 13.7 Å². The van der Waals surface area contributed by atoms with E-state index in [1.807, 2.05) is 14.1 Å². The van der Waals surface area contributed by atoms with E-state index in [4.69, 9.17) is 23.8 Å². The number of nitrogens with one attached hydrogen (secondary N) is 3. The van der Waals surface area contributed by atoms with Gasteiger partial charge in [0.25, 0.3) is 0 Å². The maximum absolute atomic E-state index is 14.2. The van der Waals surface area contributed by atoms with Gasteiger partial charge in [-0.1, -0.05) is 17.7 Å². The van der Waals surface area contributed by atoms with Crippen LogP contribution in [0.25, 0.3) is 0 Å². The highest BCUT2D eigenvalue weighted by Gasteiger charge is 2.24. The summed E-state index contributed by atoms with van der Waals surface area (Å²) in [5.41, 5.74) is 1.13. The van der Waals surface area contributed by atoms with Crippen molar-refractivity contribution in [1.29, 1.82) is 0 Å². The highest BCUT2D eigenvalue weighted by atomic mass is 35.5. The minimum atomic E-state index is -0.340. The van der Waals surface area contributed by atoms with Gasteiger partial charge in [0.05, 0.1) is 31.2 Å². The monoisotopic (exact) mass is 370 g/mol. The summed E-state index contributed by atoms with van der Waals surface area (Å²) in [6.45, 7) is 0.399. The van der Waals surface area contributed by atoms with E-state index < -0.39 is 0 Å². The molecule has 3 nitrogen and oxygen atoms in total. The molecule has 0 bridgehead atoms. The predicted molar refractivity (Wildman–Crippen MR) is 97.6 cm³/mol. The molecule has 2 aromatic rings. The largest absolute Gasteiger partial charge is 0.356 e. The number of halogens is 3. The summed E-state index contributed by atoms with van der Waals surface area (Å²) in [6.07, 6.45) is 0. The molecule has 0 saturated carbocycles. The maximum atomic E-state index is 14.2. The molecule has 2 rings (SSSR count). The Bertz CT molecular complexity index is 687. The smallest absolute Gasteiger partial charge is 0.171 e. The Morgan fingerprint density at radius 3 is 2.42 bits per heavy atom. The second kappa shape index (κ2) is 8.37. The van der Waals surface area contributed by atoms with Crippen molar-refractivity contribution in [2.24, 2.45) is 0 Å². The molecule has 2 aromatic carbocycles. The zero-order valence-electron chi connectivity index (χ0n) is 13.4. The number of anilines is 1.